The fourth-order valence-corrected chi connectivity index (χ4v) is 2.33. The predicted molar refractivity (Wildman–Crippen MR) is 92.1 cm³/mol. The Morgan fingerprint density at radius 2 is 2.04 bits per heavy atom. The Hall–Kier alpha value is -2.87. The summed E-state index contributed by atoms with van der Waals surface area (Å²) in [6.07, 6.45) is 5.15. The number of amides is 2. The van der Waals surface area contributed by atoms with Crippen LogP contribution in [0, 0.1) is 0 Å². The zero-order chi connectivity index (χ0) is 17.1. The molecule has 2 aromatic heterocycles. The van der Waals surface area contributed by atoms with Crippen LogP contribution >= 0.6 is 0 Å². The molecule has 1 aromatic carbocycles. The Labute approximate surface area is 139 Å². The summed E-state index contributed by atoms with van der Waals surface area (Å²) >= 11 is 0. The number of hydrogen-bond acceptors (Lipinski definition) is 4. The second-order valence-corrected chi connectivity index (χ2v) is 5.77. The van der Waals surface area contributed by atoms with Crippen LogP contribution in [-0.4, -0.2) is 37.3 Å². The van der Waals surface area contributed by atoms with Gasteiger partial charge in [0.2, 0.25) is 0 Å². The van der Waals surface area contributed by atoms with E-state index in [2.05, 4.69) is 34.7 Å². The van der Waals surface area contributed by atoms with Crippen LogP contribution in [0.2, 0.25) is 0 Å². The number of aliphatic hydroxyl groups excluding tert-OH is 1. The molecule has 2 heterocycles. The molecule has 0 aliphatic carbocycles. The Morgan fingerprint density at radius 1 is 1.25 bits per heavy atom. The summed E-state index contributed by atoms with van der Waals surface area (Å²) in [6, 6.07) is 5.51. The molecule has 0 bridgehead atoms. The molecule has 2 amide bonds. The van der Waals surface area contributed by atoms with E-state index in [9.17, 15) is 4.79 Å². The molecule has 0 radical (unpaired) electrons. The predicted octanol–water partition coefficient (Wildman–Crippen LogP) is 2.45. The molecule has 126 valence electrons. The first kappa shape index (κ1) is 16.0. The lowest BCUT2D eigenvalue weighted by Crippen LogP contribution is -2.19. The van der Waals surface area contributed by atoms with E-state index >= 15 is 0 Å². The van der Waals surface area contributed by atoms with Crippen molar-refractivity contribution in [3.8, 4) is 0 Å². The van der Waals surface area contributed by atoms with Gasteiger partial charge in [-0.1, -0.05) is 0 Å². The molecule has 3 rings (SSSR count). The molecule has 3 N–H and O–H groups in total. The molecule has 0 saturated carbocycles. The monoisotopic (exact) mass is 328 g/mol. The lowest BCUT2D eigenvalue weighted by atomic mass is 10.2. The summed E-state index contributed by atoms with van der Waals surface area (Å²) in [5.74, 6) is 0. The molecular weight excluding hydrogens is 308 g/mol. The second-order valence-electron chi connectivity index (χ2n) is 5.77. The minimum atomic E-state index is -0.353. The molecule has 24 heavy (non-hydrogen) atoms. The number of hydrogen-bond donors (Lipinski definition) is 3. The van der Waals surface area contributed by atoms with Gasteiger partial charge in [0.05, 0.1) is 30.6 Å². The largest absolute Gasteiger partial charge is 0.394 e. The molecule has 8 heteroatoms. The summed E-state index contributed by atoms with van der Waals surface area (Å²) in [5.41, 5.74) is 2.14. The SMILES string of the molecule is CC(C)n1cc2cc(NC(=O)Nc3cnn(CCO)c3)ccc2n1. The summed E-state index contributed by atoms with van der Waals surface area (Å²) < 4.78 is 3.45. The van der Waals surface area contributed by atoms with E-state index < -0.39 is 0 Å². The van der Waals surface area contributed by atoms with Crippen LogP contribution in [0.5, 0.6) is 0 Å². The van der Waals surface area contributed by atoms with E-state index in [-0.39, 0.29) is 18.7 Å². The minimum Gasteiger partial charge on any atom is -0.394 e. The van der Waals surface area contributed by atoms with E-state index in [0.717, 1.165) is 10.9 Å². The Bertz CT molecular complexity index is 851. The van der Waals surface area contributed by atoms with Gasteiger partial charge in [0.25, 0.3) is 0 Å². The van der Waals surface area contributed by atoms with Crippen LogP contribution in [0.3, 0.4) is 0 Å². The lowest BCUT2D eigenvalue weighted by molar-refractivity contribution is 0.262. The second kappa shape index (κ2) is 6.71. The highest BCUT2D eigenvalue weighted by atomic mass is 16.3. The smallest absolute Gasteiger partial charge is 0.323 e. The maximum Gasteiger partial charge on any atom is 0.323 e. The van der Waals surface area contributed by atoms with Gasteiger partial charge in [-0.15, -0.1) is 0 Å². The van der Waals surface area contributed by atoms with E-state index in [1.165, 1.54) is 6.20 Å². The zero-order valence-corrected chi connectivity index (χ0v) is 13.6. The number of nitrogens with zero attached hydrogens (tertiary/aromatic N) is 4. The number of carbonyl (C=O) groups is 1. The molecule has 8 nitrogen and oxygen atoms in total. The number of aliphatic hydroxyl groups is 1. The van der Waals surface area contributed by atoms with Gasteiger partial charge in [0.1, 0.15) is 0 Å². The summed E-state index contributed by atoms with van der Waals surface area (Å²) in [7, 11) is 0. The fourth-order valence-electron chi connectivity index (χ4n) is 2.33. The third kappa shape index (κ3) is 3.54. The highest BCUT2D eigenvalue weighted by molar-refractivity contribution is 6.00. The number of benzene rings is 1. The molecule has 0 fully saturated rings. The molecule has 0 aliphatic heterocycles. The van der Waals surface area contributed by atoms with Gasteiger partial charge in [-0.2, -0.15) is 10.2 Å². The Balaban J connectivity index is 1.68. The molecule has 0 unspecified atom stereocenters. The third-order valence-corrected chi connectivity index (χ3v) is 3.53. The van der Waals surface area contributed by atoms with Crippen molar-refractivity contribution in [2.45, 2.75) is 26.4 Å². The standard InChI is InChI=1S/C16H20N6O2/c1-11(2)22-9-12-7-13(3-4-15(12)20-22)18-16(24)19-14-8-17-21(10-14)5-6-23/h3-4,7-11,23H,5-6H2,1-2H3,(H2,18,19,24). The maximum absolute atomic E-state index is 12.1. The van der Waals surface area contributed by atoms with Gasteiger partial charge < -0.3 is 15.7 Å². The zero-order valence-electron chi connectivity index (χ0n) is 13.6. The van der Waals surface area contributed by atoms with E-state index in [1.54, 1.807) is 10.9 Å². The quantitative estimate of drug-likeness (QED) is 0.670. The number of rotatable bonds is 5. The minimum absolute atomic E-state index is 0.00259. The third-order valence-electron chi connectivity index (χ3n) is 3.53. The van der Waals surface area contributed by atoms with Crippen molar-refractivity contribution in [2.75, 3.05) is 17.2 Å². The van der Waals surface area contributed by atoms with Gasteiger partial charge in [-0.25, -0.2) is 4.79 Å². The molecular formula is C16H20N6O2. The number of anilines is 2. The number of fused-ring (bicyclic) bond motifs is 1. The first-order valence-corrected chi connectivity index (χ1v) is 7.75. The normalized spacial score (nSPS) is 11.2. The van der Waals surface area contributed by atoms with Crippen LogP contribution in [0.1, 0.15) is 19.9 Å². The van der Waals surface area contributed by atoms with Crippen molar-refractivity contribution in [2.24, 2.45) is 0 Å². The lowest BCUT2D eigenvalue weighted by Gasteiger charge is -2.05. The van der Waals surface area contributed by atoms with Gasteiger partial charge in [0.15, 0.2) is 0 Å². The first-order chi connectivity index (χ1) is 11.5. The topological polar surface area (TPSA) is 97.0 Å². The van der Waals surface area contributed by atoms with Crippen LogP contribution in [0.25, 0.3) is 10.9 Å². The van der Waals surface area contributed by atoms with Crippen LogP contribution in [0.4, 0.5) is 16.2 Å². The van der Waals surface area contributed by atoms with Crippen molar-refractivity contribution >= 4 is 28.3 Å². The van der Waals surface area contributed by atoms with Crippen LogP contribution < -0.4 is 10.6 Å². The van der Waals surface area contributed by atoms with Gasteiger partial charge >= 0.3 is 6.03 Å². The Morgan fingerprint density at radius 3 is 2.79 bits per heavy atom. The van der Waals surface area contributed by atoms with E-state index in [0.29, 0.717) is 17.9 Å². The van der Waals surface area contributed by atoms with Gasteiger partial charge in [0, 0.05) is 29.5 Å². The summed E-state index contributed by atoms with van der Waals surface area (Å²) in [6.45, 7) is 4.52. The van der Waals surface area contributed by atoms with Crippen molar-refractivity contribution in [3.05, 3.63) is 36.8 Å². The molecule has 0 atom stereocenters. The first-order valence-electron chi connectivity index (χ1n) is 7.75. The average Bonchev–Trinajstić information content (AvgIpc) is 3.14. The van der Waals surface area contributed by atoms with Crippen molar-refractivity contribution in [3.63, 3.8) is 0 Å². The molecule has 0 aliphatic rings. The van der Waals surface area contributed by atoms with Crippen molar-refractivity contribution in [1.29, 1.82) is 0 Å². The van der Waals surface area contributed by atoms with E-state index in [4.69, 9.17) is 5.11 Å². The van der Waals surface area contributed by atoms with Gasteiger partial charge in [-0.3, -0.25) is 9.36 Å². The maximum atomic E-state index is 12.1. The highest BCUT2D eigenvalue weighted by Crippen LogP contribution is 2.20. The summed E-state index contributed by atoms with van der Waals surface area (Å²) in [5, 5.41) is 23.8. The van der Waals surface area contributed by atoms with Gasteiger partial charge in [-0.05, 0) is 32.0 Å². The van der Waals surface area contributed by atoms with Crippen molar-refractivity contribution in [1.82, 2.24) is 19.6 Å². The average molecular weight is 328 g/mol. The van der Waals surface area contributed by atoms with E-state index in [1.807, 2.05) is 29.1 Å². The number of carbonyl (C=O) groups excluding carboxylic acids is 1. The van der Waals surface area contributed by atoms with Crippen LogP contribution in [0.15, 0.2) is 36.8 Å². The Kier molecular flexibility index (Phi) is 4.48. The molecule has 3 aromatic rings. The number of aromatic nitrogens is 4. The summed E-state index contributed by atoms with van der Waals surface area (Å²) in [4.78, 5) is 12.1. The number of urea groups is 1. The molecule has 0 saturated heterocycles. The van der Waals surface area contributed by atoms with Crippen LogP contribution in [-0.2, 0) is 6.54 Å². The highest BCUT2D eigenvalue weighted by Gasteiger charge is 2.08. The number of nitrogens with one attached hydrogen (secondary N) is 2. The van der Waals surface area contributed by atoms with Crippen molar-refractivity contribution < 1.29 is 9.90 Å². The fraction of sp³-hybridized carbons (Fsp3) is 0.312. The molecule has 0 spiro atoms.